The van der Waals surface area contributed by atoms with Gasteiger partial charge in [0.2, 0.25) is 15.9 Å². The summed E-state index contributed by atoms with van der Waals surface area (Å²) < 4.78 is 33.9. The lowest BCUT2D eigenvalue weighted by molar-refractivity contribution is -0.139. The van der Waals surface area contributed by atoms with Crippen LogP contribution in [0.5, 0.6) is 0 Å². The Hall–Kier alpha value is -2.26. The highest BCUT2D eigenvalue weighted by molar-refractivity contribution is 7.89. The van der Waals surface area contributed by atoms with Gasteiger partial charge in [-0.2, -0.15) is 4.31 Å². The fourth-order valence-corrected chi connectivity index (χ4v) is 7.16. The molecule has 1 aromatic heterocycles. The molecule has 2 aliphatic heterocycles. The number of fused-ring (bicyclic) bond motifs is 1. The van der Waals surface area contributed by atoms with E-state index in [9.17, 15) is 13.2 Å². The van der Waals surface area contributed by atoms with E-state index in [4.69, 9.17) is 4.74 Å². The van der Waals surface area contributed by atoms with E-state index >= 15 is 0 Å². The zero-order chi connectivity index (χ0) is 23.5. The maximum atomic E-state index is 13.5. The molecule has 2 fully saturated rings. The van der Waals surface area contributed by atoms with Crippen LogP contribution in [0.4, 0.5) is 0 Å². The van der Waals surface area contributed by atoms with E-state index in [1.54, 1.807) is 23.5 Å². The Morgan fingerprint density at radius 1 is 1.03 bits per heavy atom. The minimum Gasteiger partial charge on any atom is -0.376 e. The largest absolute Gasteiger partial charge is 0.376 e. The van der Waals surface area contributed by atoms with Gasteiger partial charge in [0, 0.05) is 37.0 Å². The molecule has 34 heavy (non-hydrogen) atoms. The van der Waals surface area contributed by atoms with E-state index in [0.717, 1.165) is 35.1 Å². The highest BCUT2D eigenvalue weighted by Gasteiger charge is 2.35. The summed E-state index contributed by atoms with van der Waals surface area (Å²) in [6, 6.07) is 17.1. The van der Waals surface area contributed by atoms with E-state index in [1.165, 1.54) is 4.31 Å². The molecule has 0 radical (unpaired) electrons. The number of carbonyl (C=O) groups is 1. The second-order valence-corrected chi connectivity index (χ2v) is 12.1. The number of nitrogens with zero attached hydrogens (tertiary/aromatic N) is 2. The van der Waals surface area contributed by atoms with Crippen LogP contribution in [-0.4, -0.2) is 55.9 Å². The minimum atomic E-state index is -3.59. The molecular weight excluding hydrogens is 468 g/mol. The molecule has 0 N–H and O–H groups in total. The summed E-state index contributed by atoms with van der Waals surface area (Å²) >= 11 is 1.65. The number of hydrogen-bond donors (Lipinski definition) is 0. The van der Waals surface area contributed by atoms with Gasteiger partial charge in [-0.3, -0.25) is 4.79 Å². The first-order valence-corrected chi connectivity index (χ1v) is 14.2. The summed E-state index contributed by atoms with van der Waals surface area (Å²) in [5.41, 5.74) is 0. The summed E-state index contributed by atoms with van der Waals surface area (Å²) in [5, 5.41) is 3.95. The van der Waals surface area contributed by atoms with Gasteiger partial charge >= 0.3 is 0 Å². The van der Waals surface area contributed by atoms with E-state index in [-0.39, 0.29) is 17.9 Å². The summed E-state index contributed by atoms with van der Waals surface area (Å²) in [6.45, 7) is 2.67. The van der Waals surface area contributed by atoms with Crippen molar-refractivity contribution in [2.75, 3.05) is 26.2 Å². The average molecular weight is 499 g/mol. The monoisotopic (exact) mass is 498 g/mol. The van der Waals surface area contributed by atoms with Crippen LogP contribution in [0, 0.1) is 5.92 Å². The molecule has 2 aliphatic rings. The van der Waals surface area contributed by atoms with Gasteiger partial charge in [-0.1, -0.05) is 36.4 Å². The predicted molar refractivity (Wildman–Crippen MR) is 134 cm³/mol. The molecule has 2 aromatic carbocycles. The normalized spacial score (nSPS) is 20.1. The van der Waals surface area contributed by atoms with Crippen LogP contribution in [0.3, 0.4) is 0 Å². The number of benzene rings is 2. The molecule has 0 saturated carbocycles. The maximum absolute atomic E-state index is 13.5. The van der Waals surface area contributed by atoms with Crippen molar-refractivity contribution in [1.29, 1.82) is 0 Å². The number of carbonyl (C=O) groups excluding carboxylic acids is 1. The van der Waals surface area contributed by atoms with Gasteiger partial charge in [0.15, 0.2) is 0 Å². The van der Waals surface area contributed by atoms with Crippen molar-refractivity contribution < 1.29 is 17.9 Å². The highest BCUT2D eigenvalue weighted by Crippen LogP contribution is 2.28. The third kappa shape index (κ3) is 5.05. The van der Waals surface area contributed by atoms with Crippen LogP contribution < -0.4 is 0 Å². The highest BCUT2D eigenvalue weighted by atomic mass is 32.2. The smallest absolute Gasteiger partial charge is 0.243 e. The van der Waals surface area contributed by atoms with Gasteiger partial charge in [-0.15, -0.1) is 11.3 Å². The summed E-state index contributed by atoms with van der Waals surface area (Å²) in [6.07, 6.45) is 3.20. The molecule has 5 rings (SSSR count). The number of amides is 1. The lowest BCUT2D eigenvalue weighted by atomic mass is 9.96. The zero-order valence-corrected chi connectivity index (χ0v) is 20.8. The molecule has 6 nitrogen and oxygen atoms in total. The van der Waals surface area contributed by atoms with Gasteiger partial charge in [-0.25, -0.2) is 8.42 Å². The molecule has 1 atom stereocenters. The van der Waals surface area contributed by atoms with Crippen molar-refractivity contribution in [1.82, 2.24) is 9.21 Å². The Bertz CT molecular complexity index is 1230. The SMILES string of the molecule is O=C(C1CCN(S(=O)(=O)c2ccc3ccccc3c2)CC1)N(Cc1cccs1)CC1CCCO1. The first kappa shape index (κ1) is 23.5. The molecule has 2 saturated heterocycles. The first-order valence-electron chi connectivity index (χ1n) is 11.9. The molecule has 0 bridgehead atoms. The maximum Gasteiger partial charge on any atom is 0.243 e. The van der Waals surface area contributed by atoms with Crippen molar-refractivity contribution >= 4 is 38.0 Å². The van der Waals surface area contributed by atoms with Crippen LogP contribution in [0.1, 0.15) is 30.6 Å². The molecule has 1 unspecified atom stereocenters. The fraction of sp³-hybridized carbons (Fsp3) is 0.423. The third-order valence-electron chi connectivity index (χ3n) is 6.85. The second kappa shape index (κ2) is 10.2. The molecule has 8 heteroatoms. The van der Waals surface area contributed by atoms with Crippen molar-refractivity contribution in [3.63, 3.8) is 0 Å². The van der Waals surface area contributed by atoms with Crippen molar-refractivity contribution in [3.8, 4) is 0 Å². The fourth-order valence-electron chi connectivity index (χ4n) is 4.94. The quantitative estimate of drug-likeness (QED) is 0.481. The van der Waals surface area contributed by atoms with Crippen LogP contribution in [0.25, 0.3) is 10.8 Å². The Kier molecular flexibility index (Phi) is 7.01. The van der Waals surface area contributed by atoms with Crippen molar-refractivity contribution in [3.05, 3.63) is 64.9 Å². The van der Waals surface area contributed by atoms with Crippen molar-refractivity contribution in [2.45, 2.75) is 43.2 Å². The zero-order valence-electron chi connectivity index (χ0n) is 19.1. The van der Waals surface area contributed by atoms with E-state index in [2.05, 4.69) is 6.07 Å². The molecule has 0 spiro atoms. The number of sulfonamides is 1. The van der Waals surface area contributed by atoms with E-state index < -0.39 is 10.0 Å². The number of rotatable bonds is 7. The number of ether oxygens (including phenoxy) is 1. The molecule has 0 aliphatic carbocycles. The van der Waals surface area contributed by atoms with Crippen LogP contribution >= 0.6 is 11.3 Å². The van der Waals surface area contributed by atoms with Crippen LogP contribution in [-0.2, 0) is 26.1 Å². The van der Waals surface area contributed by atoms with Gasteiger partial charge < -0.3 is 9.64 Å². The molecule has 180 valence electrons. The topological polar surface area (TPSA) is 66.9 Å². The molecule has 1 amide bonds. The number of piperidine rings is 1. The van der Waals surface area contributed by atoms with E-state index in [0.29, 0.717) is 43.9 Å². The summed E-state index contributed by atoms with van der Waals surface area (Å²) in [7, 11) is -3.59. The van der Waals surface area contributed by atoms with Crippen molar-refractivity contribution in [2.24, 2.45) is 5.92 Å². The third-order valence-corrected chi connectivity index (χ3v) is 9.60. The Morgan fingerprint density at radius 2 is 1.82 bits per heavy atom. The Labute approximate surface area is 205 Å². The summed E-state index contributed by atoms with van der Waals surface area (Å²) in [5.74, 6) is -0.0453. The lowest BCUT2D eigenvalue weighted by Crippen LogP contribution is -2.45. The van der Waals surface area contributed by atoms with Crippen LogP contribution in [0.2, 0.25) is 0 Å². The lowest BCUT2D eigenvalue weighted by Gasteiger charge is -2.34. The first-order chi connectivity index (χ1) is 16.5. The average Bonchev–Trinajstić information content (AvgIpc) is 3.57. The molecule has 3 heterocycles. The summed E-state index contributed by atoms with van der Waals surface area (Å²) in [4.78, 5) is 16.9. The number of thiophene rings is 1. The van der Waals surface area contributed by atoms with Gasteiger partial charge in [0.25, 0.3) is 0 Å². The van der Waals surface area contributed by atoms with Crippen LogP contribution in [0.15, 0.2) is 64.9 Å². The Morgan fingerprint density at radius 3 is 2.53 bits per heavy atom. The van der Waals surface area contributed by atoms with Gasteiger partial charge in [0.1, 0.15) is 0 Å². The standard InChI is InChI=1S/C26H30N2O4S2/c29-26(27(18-23-7-3-15-32-23)19-24-8-4-16-33-24)21-11-13-28(14-12-21)34(30,31)25-10-9-20-5-1-2-6-22(20)17-25/h1-2,4-6,8-10,16-17,21,23H,3,7,11-15,18-19H2. The molecular formula is C26H30N2O4S2. The van der Waals surface area contributed by atoms with Gasteiger partial charge in [0.05, 0.1) is 17.5 Å². The number of hydrogen-bond acceptors (Lipinski definition) is 5. The predicted octanol–water partition coefficient (Wildman–Crippen LogP) is 4.51. The van der Waals surface area contributed by atoms with E-state index in [1.807, 2.05) is 46.7 Å². The second-order valence-electron chi connectivity index (χ2n) is 9.12. The minimum absolute atomic E-state index is 0.0947. The Balaban J connectivity index is 1.26. The van der Waals surface area contributed by atoms with Gasteiger partial charge in [-0.05, 0) is 60.0 Å². The molecule has 3 aromatic rings.